The first-order valence-electron chi connectivity index (χ1n) is 6.11. The average Bonchev–Trinajstić information content (AvgIpc) is 2.89. The maximum absolute atomic E-state index is 4.07. The summed E-state index contributed by atoms with van der Waals surface area (Å²) in [6, 6.07) is 10.4. The monoisotopic (exact) mass is 261 g/mol. The second-order valence-electron chi connectivity index (χ2n) is 4.31. The average molecular weight is 261 g/mol. The lowest BCUT2D eigenvalue weighted by atomic mass is 10.2. The molecule has 5 nitrogen and oxygen atoms in total. The molecule has 0 aliphatic carbocycles. The van der Waals surface area contributed by atoms with Crippen molar-refractivity contribution in [3.63, 3.8) is 0 Å². The van der Waals surface area contributed by atoms with Gasteiger partial charge in [0, 0.05) is 11.8 Å². The highest BCUT2D eigenvalue weighted by molar-refractivity contribution is 7.99. The van der Waals surface area contributed by atoms with Crippen molar-refractivity contribution >= 4 is 17.7 Å². The van der Waals surface area contributed by atoms with E-state index in [1.165, 1.54) is 18.6 Å². The van der Waals surface area contributed by atoms with Gasteiger partial charge >= 0.3 is 0 Å². The van der Waals surface area contributed by atoms with E-state index >= 15 is 0 Å². The minimum Gasteiger partial charge on any atom is -0.349 e. The Kier molecular flexibility index (Phi) is 3.45. The van der Waals surface area contributed by atoms with Gasteiger partial charge in [-0.15, -0.1) is 0 Å². The Morgan fingerprint density at radius 2 is 2.17 bits per heavy atom. The first kappa shape index (κ1) is 11.5. The third kappa shape index (κ3) is 2.48. The van der Waals surface area contributed by atoms with Crippen molar-refractivity contribution in [3.05, 3.63) is 30.3 Å². The van der Waals surface area contributed by atoms with Gasteiger partial charge in [-0.2, -0.15) is 16.4 Å². The molecule has 1 aromatic carbocycles. The van der Waals surface area contributed by atoms with Crippen LogP contribution in [-0.2, 0) is 0 Å². The van der Waals surface area contributed by atoms with Crippen molar-refractivity contribution in [1.29, 1.82) is 0 Å². The Morgan fingerprint density at radius 1 is 1.28 bits per heavy atom. The number of benzene rings is 1. The third-order valence-electron chi connectivity index (χ3n) is 2.96. The minimum absolute atomic E-state index is 0.470. The molecule has 3 rings (SSSR count). The highest BCUT2D eigenvalue weighted by atomic mass is 32.2. The minimum atomic E-state index is 0.470. The summed E-state index contributed by atoms with van der Waals surface area (Å²) in [5.74, 6) is 3.12. The molecule has 2 heterocycles. The third-order valence-corrected chi connectivity index (χ3v) is 4.18. The van der Waals surface area contributed by atoms with E-state index in [1.807, 2.05) is 42.1 Å². The molecule has 1 saturated heterocycles. The molecule has 1 aliphatic heterocycles. The van der Waals surface area contributed by atoms with Gasteiger partial charge in [-0.05, 0) is 41.2 Å². The van der Waals surface area contributed by atoms with E-state index in [0.717, 1.165) is 17.4 Å². The van der Waals surface area contributed by atoms with Crippen molar-refractivity contribution in [2.75, 3.05) is 16.8 Å². The van der Waals surface area contributed by atoms with E-state index in [2.05, 4.69) is 20.8 Å². The van der Waals surface area contributed by atoms with Crippen molar-refractivity contribution in [2.24, 2.45) is 0 Å². The lowest BCUT2D eigenvalue weighted by molar-refractivity contribution is 0.674. The summed E-state index contributed by atoms with van der Waals surface area (Å²) in [4.78, 5) is 0. The lowest BCUT2D eigenvalue weighted by Crippen LogP contribution is -2.27. The molecule has 0 radical (unpaired) electrons. The van der Waals surface area contributed by atoms with E-state index < -0.39 is 0 Å². The number of thioether (sulfide) groups is 1. The van der Waals surface area contributed by atoms with Crippen LogP contribution in [0.2, 0.25) is 0 Å². The Labute approximate surface area is 110 Å². The topological polar surface area (TPSA) is 55.6 Å². The summed E-state index contributed by atoms with van der Waals surface area (Å²) < 4.78 is 1.75. The standard InChI is InChI=1S/C12H15N5S/c1-2-6-11(7-3-1)17-12(14-15-16-17)13-10-5-4-8-18-9-10/h1-3,6-7,10H,4-5,8-9H2,(H,13,14,16). The second-order valence-corrected chi connectivity index (χ2v) is 5.46. The van der Waals surface area contributed by atoms with Gasteiger partial charge < -0.3 is 5.32 Å². The lowest BCUT2D eigenvalue weighted by Gasteiger charge is -2.22. The fourth-order valence-corrected chi connectivity index (χ4v) is 3.13. The second kappa shape index (κ2) is 5.39. The summed E-state index contributed by atoms with van der Waals surface area (Å²) in [6.45, 7) is 0. The molecule has 94 valence electrons. The number of hydrogen-bond acceptors (Lipinski definition) is 5. The number of aromatic nitrogens is 4. The maximum Gasteiger partial charge on any atom is 0.247 e. The summed E-state index contributed by atoms with van der Waals surface area (Å²) in [5.41, 5.74) is 0.980. The molecule has 1 unspecified atom stereocenters. The van der Waals surface area contributed by atoms with Gasteiger partial charge in [-0.3, -0.25) is 0 Å². The fraction of sp³-hybridized carbons (Fsp3) is 0.417. The fourth-order valence-electron chi connectivity index (χ4n) is 2.06. The number of hydrogen-bond donors (Lipinski definition) is 1. The van der Waals surface area contributed by atoms with Crippen LogP contribution in [0, 0.1) is 0 Å². The van der Waals surface area contributed by atoms with Crippen molar-refractivity contribution in [3.8, 4) is 5.69 Å². The van der Waals surface area contributed by atoms with E-state index in [9.17, 15) is 0 Å². The summed E-state index contributed by atoms with van der Waals surface area (Å²) in [7, 11) is 0. The van der Waals surface area contributed by atoms with Crippen LogP contribution in [0.15, 0.2) is 30.3 Å². The molecule has 1 N–H and O–H groups in total. The SMILES string of the molecule is c1ccc(-n2nnnc2NC2CCCSC2)cc1. The van der Waals surface area contributed by atoms with Crippen LogP contribution in [0.5, 0.6) is 0 Å². The summed E-state index contributed by atoms with van der Waals surface area (Å²) in [5, 5.41) is 15.3. The highest BCUT2D eigenvalue weighted by Gasteiger charge is 2.17. The van der Waals surface area contributed by atoms with Crippen LogP contribution in [-0.4, -0.2) is 37.8 Å². The van der Waals surface area contributed by atoms with Gasteiger partial charge in [0.2, 0.25) is 5.95 Å². The highest BCUT2D eigenvalue weighted by Crippen LogP contribution is 2.20. The molecule has 0 spiro atoms. The van der Waals surface area contributed by atoms with Gasteiger partial charge in [-0.25, -0.2) is 0 Å². The molecule has 0 bridgehead atoms. The zero-order valence-corrected chi connectivity index (χ0v) is 10.8. The van der Waals surface area contributed by atoms with Gasteiger partial charge in [0.05, 0.1) is 5.69 Å². The van der Waals surface area contributed by atoms with E-state index in [0.29, 0.717) is 6.04 Å². The zero-order valence-electron chi connectivity index (χ0n) is 9.99. The smallest absolute Gasteiger partial charge is 0.247 e. The number of para-hydroxylation sites is 1. The summed E-state index contributed by atoms with van der Waals surface area (Å²) >= 11 is 1.99. The molecular formula is C12H15N5S. The van der Waals surface area contributed by atoms with E-state index in [1.54, 1.807) is 4.68 Å². The predicted octanol–water partition coefficient (Wildman–Crippen LogP) is 1.97. The van der Waals surface area contributed by atoms with Crippen molar-refractivity contribution < 1.29 is 0 Å². The molecule has 0 saturated carbocycles. The molecule has 1 fully saturated rings. The molecule has 2 aromatic rings. The Hall–Kier alpha value is -1.56. The van der Waals surface area contributed by atoms with Crippen LogP contribution in [0.25, 0.3) is 5.69 Å². The number of anilines is 1. The zero-order chi connectivity index (χ0) is 12.2. The normalized spacial score (nSPS) is 19.7. The molecular weight excluding hydrogens is 246 g/mol. The molecule has 1 aromatic heterocycles. The number of nitrogens with zero attached hydrogens (tertiary/aromatic N) is 4. The van der Waals surface area contributed by atoms with Crippen LogP contribution in [0.3, 0.4) is 0 Å². The van der Waals surface area contributed by atoms with Crippen LogP contribution in [0.4, 0.5) is 5.95 Å². The molecule has 1 aliphatic rings. The maximum atomic E-state index is 4.07. The Bertz CT molecular complexity index is 492. The van der Waals surface area contributed by atoms with Gasteiger partial charge in [0.25, 0.3) is 0 Å². The number of nitrogens with one attached hydrogen (secondary N) is 1. The summed E-state index contributed by atoms with van der Waals surface area (Å²) in [6.07, 6.45) is 2.45. The largest absolute Gasteiger partial charge is 0.349 e. The predicted molar refractivity (Wildman–Crippen MR) is 73.1 cm³/mol. The number of tetrazole rings is 1. The Morgan fingerprint density at radius 3 is 2.94 bits per heavy atom. The quantitative estimate of drug-likeness (QED) is 0.915. The first-order valence-corrected chi connectivity index (χ1v) is 7.27. The van der Waals surface area contributed by atoms with Crippen LogP contribution >= 0.6 is 11.8 Å². The van der Waals surface area contributed by atoms with E-state index in [-0.39, 0.29) is 0 Å². The molecule has 0 amide bonds. The van der Waals surface area contributed by atoms with Crippen LogP contribution in [0.1, 0.15) is 12.8 Å². The van der Waals surface area contributed by atoms with Gasteiger partial charge in [0.1, 0.15) is 0 Å². The first-order chi connectivity index (χ1) is 8.93. The van der Waals surface area contributed by atoms with Crippen molar-refractivity contribution in [1.82, 2.24) is 20.2 Å². The van der Waals surface area contributed by atoms with Crippen LogP contribution < -0.4 is 5.32 Å². The molecule has 18 heavy (non-hydrogen) atoms. The Balaban J connectivity index is 1.79. The van der Waals surface area contributed by atoms with Gasteiger partial charge in [0.15, 0.2) is 0 Å². The van der Waals surface area contributed by atoms with E-state index in [4.69, 9.17) is 0 Å². The van der Waals surface area contributed by atoms with Crippen molar-refractivity contribution in [2.45, 2.75) is 18.9 Å². The number of rotatable bonds is 3. The molecule has 1 atom stereocenters. The molecule has 6 heteroatoms. The van der Waals surface area contributed by atoms with Gasteiger partial charge in [-0.1, -0.05) is 23.3 Å².